The van der Waals surface area contributed by atoms with Crippen molar-refractivity contribution in [2.24, 2.45) is 0 Å². The SMILES string of the molecule is CC(C)(CO)NC(=O)c1ccc(Cl)nn1. The molecule has 0 aromatic carbocycles. The Morgan fingerprint density at radius 1 is 1.53 bits per heavy atom. The molecule has 0 spiro atoms. The zero-order valence-corrected chi connectivity index (χ0v) is 9.25. The summed E-state index contributed by atoms with van der Waals surface area (Å²) in [4.78, 5) is 11.6. The van der Waals surface area contributed by atoms with Crippen molar-refractivity contribution in [1.29, 1.82) is 0 Å². The van der Waals surface area contributed by atoms with E-state index in [4.69, 9.17) is 16.7 Å². The smallest absolute Gasteiger partial charge is 0.272 e. The Morgan fingerprint density at radius 2 is 2.20 bits per heavy atom. The normalized spacial score (nSPS) is 11.2. The van der Waals surface area contributed by atoms with Gasteiger partial charge < -0.3 is 10.4 Å². The minimum atomic E-state index is -0.682. The van der Waals surface area contributed by atoms with Crippen molar-refractivity contribution in [3.63, 3.8) is 0 Å². The number of hydrogen-bond donors (Lipinski definition) is 2. The molecular weight excluding hydrogens is 218 g/mol. The fourth-order valence-corrected chi connectivity index (χ4v) is 0.949. The van der Waals surface area contributed by atoms with Gasteiger partial charge in [0.2, 0.25) is 0 Å². The van der Waals surface area contributed by atoms with E-state index in [1.807, 2.05) is 0 Å². The zero-order chi connectivity index (χ0) is 11.5. The molecule has 0 aliphatic carbocycles. The van der Waals surface area contributed by atoms with Gasteiger partial charge in [-0.1, -0.05) is 11.6 Å². The molecule has 0 radical (unpaired) electrons. The lowest BCUT2D eigenvalue weighted by atomic mass is 10.1. The monoisotopic (exact) mass is 229 g/mol. The summed E-state index contributed by atoms with van der Waals surface area (Å²) >= 11 is 5.53. The van der Waals surface area contributed by atoms with Gasteiger partial charge in [0.1, 0.15) is 0 Å². The van der Waals surface area contributed by atoms with Gasteiger partial charge in [0.15, 0.2) is 10.8 Å². The van der Waals surface area contributed by atoms with E-state index in [2.05, 4.69) is 15.5 Å². The summed E-state index contributed by atoms with van der Waals surface area (Å²) in [6.45, 7) is 3.25. The molecule has 6 heteroatoms. The minimum Gasteiger partial charge on any atom is -0.394 e. The number of amides is 1. The molecular formula is C9H12ClN3O2. The summed E-state index contributed by atoms with van der Waals surface area (Å²) in [5.74, 6) is -0.391. The topological polar surface area (TPSA) is 75.1 Å². The predicted molar refractivity (Wildman–Crippen MR) is 55.7 cm³/mol. The maximum Gasteiger partial charge on any atom is 0.272 e. The van der Waals surface area contributed by atoms with Crippen LogP contribution in [0, 0.1) is 0 Å². The lowest BCUT2D eigenvalue weighted by molar-refractivity contribution is 0.0863. The predicted octanol–water partition coefficient (Wildman–Crippen LogP) is 0.631. The third kappa shape index (κ3) is 3.45. The number of halogens is 1. The quantitative estimate of drug-likeness (QED) is 0.797. The number of nitrogens with one attached hydrogen (secondary N) is 1. The summed E-state index contributed by atoms with van der Waals surface area (Å²) in [6, 6.07) is 2.95. The number of carbonyl (C=O) groups is 1. The first-order chi connectivity index (χ1) is 6.94. The van der Waals surface area contributed by atoms with Crippen molar-refractivity contribution in [3.8, 4) is 0 Å². The lowest BCUT2D eigenvalue weighted by Gasteiger charge is -2.22. The van der Waals surface area contributed by atoms with Crippen molar-refractivity contribution in [2.75, 3.05) is 6.61 Å². The molecule has 0 unspecified atom stereocenters. The van der Waals surface area contributed by atoms with Crippen LogP contribution in [-0.4, -0.2) is 33.4 Å². The average Bonchev–Trinajstić information content (AvgIpc) is 2.18. The number of hydrogen-bond acceptors (Lipinski definition) is 4. The Labute approximate surface area is 92.5 Å². The van der Waals surface area contributed by atoms with E-state index in [1.54, 1.807) is 13.8 Å². The molecule has 1 amide bonds. The standard InChI is InChI=1S/C9H12ClN3O2/c1-9(2,5-14)11-8(15)6-3-4-7(10)13-12-6/h3-4,14H,5H2,1-2H3,(H,11,15). The number of aliphatic hydroxyl groups is 1. The van der Waals surface area contributed by atoms with Crippen LogP contribution in [-0.2, 0) is 0 Å². The van der Waals surface area contributed by atoms with Gasteiger partial charge in [-0.05, 0) is 26.0 Å². The highest BCUT2D eigenvalue weighted by Crippen LogP contribution is 2.05. The molecule has 1 aromatic rings. The van der Waals surface area contributed by atoms with Gasteiger partial charge >= 0.3 is 0 Å². The lowest BCUT2D eigenvalue weighted by Crippen LogP contribution is -2.46. The Kier molecular flexibility index (Phi) is 3.60. The fourth-order valence-electron chi connectivity index (χ4n) is 0.848. The van der Waals surface area contributed by atoms with Crippen molar-refractivity contribution in [3.05, 3.63) is 23.0 Å². The van der Waals surface area contributed by atoms with Gasteiger partial charge in [0.05, 0.1) is 12.1 Å². The average molecular weight is 230 g/mol. The summed E-state index contributed by atoms with van der Waals surface area (Å²) in [5.41, 5.74) is -0.515. The van der Waals surface area contributed by atoms with E-state index in [1.165, 1.54) is 12.1 Å². The minimum absolute atomic E-state index is 0.153. The molecule has 2 N–H and O–H groups in total. The first-order valence-electron chi connectivity index (χ1n) is 4.37. The van der Waals surface area contributed by atoms with Crippen molar-refractivity contribution in [1.82, 2.24) is 15.5 Å². The van der Waals surface area contributed by atoms with Crippen LogP contribution in [0.25, 0.3) is 0 Å². The van der Waals surface area contributed by atoms with E-state index in [9.17, 15) is 4.79 Å². The van der Waals surface area contributed by atoms with E-state index in [0.717, 1.165) is 0 Å². The molecule has 0 fully saturated rings. The van der Waals surface area contributed by atoms with Crippen LogP contribution < -0.4 is 5.32 Å². The fraction of sp³-hybridized carbons (Fsp3) is 0.444. The van der Waals surface area contributed by atoms with Crippen LogP contribution in [0.15, 0.2) is 12.1 Å². The summed E-state index contributed by atoms with van der Waals surface area (Å²) in [6.07, 6.45) is 0. The third-order valence-electron chi connectivity index (χ3n) is 1.71. The highest BCUT2D eigenvalue weighted by atomic mass is 35.5. The molecule has 1 rings (SSSR count). The second kappa shape index (κ2) is 4.55. The van der Waals surface area contributed by atoms with Crippen LogP contribution in [0.3, 0.4) is 0 Å². The van der Waals surface area contributed by atoms with Crippen LogP contribution >= 0.6 is 11.6 Å². The first-order valence-corrected chi connectivity index (χ1v) is 4.75. The van der Waals surface area contributed by atoms with Crippen LogP contribution in [0.2, 0.25) is 5.15 Å². The van der Waals surface area contributed by atoms with E-state index >= 15 is 0 Å². The van der Waals surface area contributed by atoms with E-state index < -0.39 is 11.4 Å². The first kappa shape index (κ1) is 11.9. The van der Waals surface area contributed by atoms with E-state index in [-0.39, 0.29) is 17.5 Å². The highest BCUT2D eigenvalue weighted by molar-refractivity contribution is 6.29. The Balaban J connectivity index is 2.74. The van der Waals surface area contributed by atoms with Crippen molar-refractivity contribution in [2.45, 2.75) is 19.4 Å². The Hall–Kier alpha value is -1.20. The number of aromatic nitrogens is 2. The molecule has 0 aliphatic rings. The molecule has 1 heterocycles. The van der Waals surface area contributed by atoms with E-state index in [0.29, 0.717) is 0 Å². The number of aliphatic hydroxyl groups excluding tert-OH is 1. The van der Waals surface area contributed by atoms with Crippen LogP contribution in [0.5, 0.6) is 0 Å². The zero-order valence-electron chi connectivity index (χ0n) is 8.49. The summed E-state index contributed by atoms with van der Waals surface area (Å²) in [5, 5.41) is 19.0. The second-order valence-electron chi connectivity index (χ2n) is 3.74. The summed E-state index contributed by atoms with van der Waals surface area (Å²) in [7, 11) is 0. The molecule has 82 valence electrons. The van der Waals surface area contributed by atoms with Gasteiger partial charge in [0, 0.05) is 0 Å². The molecule has 0 atom stereocenters. The maximum absolute atomic E-state index is 11.6. The molecule has 0 saturated heterocycles. The van der Waals surface area contributed by atoms with Gasteiger partial charge in [-0.2, -0.15) is 0 Å². The molecule has 5 nitrogen and oxygen atoms in total. The maximum atomic E-state index is 11.6. The largest absolute Gasteiger partial charge is 0.394 e. The molecule has 15 heavy (non-hydrogen) atoms. The van der Waals surface area contributed by atoms with Gasteiger partial charge in [-0.3, -0.25) is 4.79 Å². The molecule has 0 bridgehead atoms. The molecule has 0 aliphatic heterocycles. The Morgan fingerprint density at radius 3 is 2.67 bits per heavy atom. The number of nitrogens with zero attached hydrogens (tertiary/aromatic N) is 2. The number of rotatable bonds is 3. The van der Waals surface area contributed by atoms with Gasteiger partial charge in [0.25, 0.3) is 5.91 Å². The van der Waals surface area contributed by atoms with Gasteiger partial charge in [-0.15, -0.1) is 10.2 Å². The highest BCUT2D eigenvalue weighted by Gasteiger charge is 2.20. The molecule has 1 aromatic heterocycles. The van der Waals surface area contributed by atoms with Gasteiger partial charge in [-0.25, -0.2) is 0 Å². The second-order valence-corrected chi connectivity index (χ2v) is 4.12. The Bertz CT molecular complexity index is 351. The third-order valence-corrected chi connectivity index (χ3v) is 1.91. The van der Waals surface area contributed by atoms with Crippen LogP contribution in [0.4, 0.5) is 0 Å². The summed E-state index contributed by atoms with van der Waals surface area (Å²) < 4.78 is 0. The number of carbonyl (C=O) groups excluding carboxylic acids is 1. The van der Waals surface area contributed by atoms with Crippen LogP contribution in [0.1, 0.15) is 24.3 Å². The van der Waals surface area contributed by atoms with Crippen molar-refractivity contribution >= 4 is 17.5 Å². The van der Waals surface area contributed by atoms with Crippen molar-refractivity contribution < 1.29 is 9.90 Å². The molecule has 0 saturated carbocycles.